The lowest BCUT2D eigenvalue weighted by Gasteiger charge is -2.12. The smallest absolute Gasteiger partial charge is 0.462 e. The van der Waals surface area contributed by atoms with Crippen LogP contribution in [-0.4, -0.2) is 24.1 Å². The van der Waals surface area contributed by atoms with Crippen molar-refractivity contribution in [3.8, 4) is 5.75 Å². The van der Waals surface area contributed by atoms with Crippen molar-refractivity contribution in [1.29, 1.82) is 0 Å². The minimum Gasteiger partial charge on any atom is -0.462 e. The van der Waals surface area contributed by atoms with E-state index in [0.717, 1.165) is 0 Å². The molecule has 0 aliphatic rings. The Morgan fingerprint density at radius 3 is 1.96 bits per heavy atom. The van der Waals surface area contributed by atoms with E-state index in [1.165, 1.54) is 24.3 Å². The summed E-state index contributed by atoms with van der Waals surface area (Å²) in [5.74, 6) is -0.739. The van der Waals surface area contributed by atoms with Crippen molar-refractivity contribution in [2.24, 2.45) is 0 Å². The molecule has 5 nitrogen and oxygen atoms in total. The zero-order valence-corrected chi connectivity index (χ0v) is 14.4. The molecule has 0 atom stereocenters. The van der Waals surface area contributed by atoms with Crippen LogP contribution < -0.4 is 15.4 Å². The predicted molar refractivity (Wildman–Crippen MR) is 95.4 cm³/mol. The van der Waals surface area contributed by atoms with Crippen LogP contribution in [0.5, 0.6) is 5.75 Å². The molecule has 0 spiro atoms. The van der Waals surface area contributed by atoms with Gasteiger partial charge in [0.05, 0.1) is 12.2 Å². The van der Waals surface area contributed by atoms with E-state index < -0.39 is 12.3 Å². The fourth-order valence-electron chi connectivity index (χ4n) is 1.94. The van der Waals surface area contributed by atoms with Gasteiger partial charge >= 0.3 is 12.3 Å². The van der Waals surface area contributed by atoms with Gasteiger partial charge < -0.3 is 20.1 Å². The van der Waals surface area contributed by atoms with Crippen molar-refractivity contribution in [1.82, 2.24) is 0 Å². The highest BCUT2D eigenvalue weighted by atomic mass is 32.1. The lowest BCUT2D eigenvalue weighted by molar-refractivity contribution is -0.274. The van der Waals surface area contributed by atoms with E-state index in [2.05, 4.69) is 15.4 Å². The van der Waals surface area contributed by atoms with Crippen LogP contribution in [0.2, 0.25) is 0 Å². The Kier molecular flexibility index (Phi) is 6.40. The summed E-state index contributed by atoms with van der Waals surface area (Å²) in [5.41, 5.74) is 1.53. The summed E-state index contributed by atoms with van der Waals surface area (Å²) in [6.07, 6.45) is -4.73. The Hall–Kier alpha value is -2.81. The molecule has 0 saturated carbocycles. The molecule has 0 fully saturated rings. The Morgan fingerprint density at radius 2 is 1.50 bits per heavy atom. The molecule has 0 aliphatic heterocycles. The van der Waals surface area contributed by atoms with Crippen molar-refractivity contribution in [2.45, 2.75) is 13.3 Å². The number of ether oxygens (including phenoxy) is 2. The number of halogens is 3. The lowest BCUT2D eigenvalue weighted by Crippen LogP contribution is -2.19. The molecule has 9 heteroatoms. The third-order valence-electron chi connectivity index (χ3n) is 3.00. The molecule has 0 saturated heterocycles. The van der Waals surface area contributed by atoms with Crippen LogP contribution in [0.3, 0.4) is 0 Å². The van der Waals surface area contributed by atoms with Crippen molar-refractivity contribution < 1.29 is 27.4 Å². The summed E-state index contributed by atoms with van der Waals surface area (Å²) in [6.45, 7) is 2.01. The zero-order chi connectivity index (χ0) is 19.2. The highest BCUT2D eigenvalue weighted by molar-refractivity contribution is 7.80. The van der Waals surface area contributed by atoms with Gasteiger partial charge in [0.1, 0.15) is 5.75 Å². The van der Waals surface area contributed by atoms with E-state index in [1.807, 2.05) is 0 Å². The minimum absolute atomic E-state index is 0.235. The second-order valence-corrected chi connectivity index (χ2v) is 5.36. The molecule has 0 unspecified atom stereocenters. The Labute approximate surface area is 153 Å². The number of hydrogen-bond acceptors (Lipinski definition) is 4. The van der Waals surface area contributed by atoms with Gasteiger partial charge in [0.15, 0.2) is 5.11 Å². The van der Waals surface area contributed by atoms with E-state index >= 15 is 0 Å². The lowest BCUT2D eigenvalue weighted by atomic mass is 10.2. The highest BCUT2D eigenvalue weighted by Crippen LogP contribution is 2.24. The molecule has 2 aromatic rings. The maximum Gasteiger partial charge on any atom is 0.573 e. The molecule has 0 bridgehead atoms. The number of hydrogen-bond donors (Lipinski definition) is 2. The molecule has 26 heavy (non-hydrogen) atoms. The number of rotatable bonds is 5. The third kappa shape index (κ3) is 6.25. The molecular formula is C17H15F3N2O3S. The molecule has 2 aromatic carbocycles. The predicted octanol–water partition coefficient (Wildman–Crippen LogP) is 4.57. The monoisotopic (exact) mass is 384 g/mol. The average molecular weight is 384 g/mol. The molecular weight excluding hydrogens is 369 g/mol. The second kappa shape index (κ2) is 8.52. The van der Waals surface area contributed by atoms with Gasteiger partial charge in [0.2, 0.25) is 0 Å². The Morgan fingerprint density at radius 1 is 1.00 bits per heavy atom. The van der Waals surface area contributed by atoms with Gasteiger partial charge in [-0.15, -0.1) is 13.2 Å². The Balaban J connectivity index is 1.91. The standard InChI is InChI=1S/C17H15F3N2O3S/c1-2-24-15(23)11-3-5-12(6-4-11)21-16(26)22-13-7-9-14(10-8-13)25-17(18,19)20/h3-10H,2H2,1H3,(H2,21,22,26). The number of alkyl halides is 3. The van der Waals surface area contributed by atoms with Crippen molar-refractivity contribution in [2.75, 3.05) is 17.2 Å². The summed E-state index contributed by atoms with van der Waals surface area (Å²) in [6, 6.07) is 11.6. The van der Waals surface area contributed by atoms with Gasteiger partial charge in [0, 0.05) is 11.4 Å². The maximum absolute atomic E-state index is 12.1. The number of nitrogens with one attached hydrogen (secondary N) is 2. The van der Waals surface area contributed by atoms with Gasteiger partial charge in [0.25, 0.3) is 0 Å². The SMILES string of the molecule is CCOC(=O)c1ccc(NC(=S)Nc2ccc(OC(F)(F)F)cc2)cc1. The van der Waals surface area contributed by atoms with Crippen molar-refractivity contribution >= 4 is 34.7 Å². The number of anilines is 2. The van der Waals surface area contributed by atoms with Gasteiger partial charge in [-0.25, -0.2) is 4.79 Å². The van der Waals surface area contributed by atoms with Crippen LogP contribution in [0, 0.1) is 0 Å². The summed E-state index contributed by atoms with van der Waals surface area (Å²) in [7, 11) is 0. The molecule has 2 rings (SSSR count). The molecule has 0 aliphatic carbocycles. The first kappa shape index (κ1) is 19.5. The number of benzene rings is 2. The molecule has 0 heterocycles. The second-order valence-electron chi connectivity index (χ2n) is 4.95. The first-order valence-electron chi connectivity index (χ1n) is 7.48. The van der Waals surface area contributed by atoms with Crippen molar-refractivity contribution in [3.05, 3.63) is 54.1 Å². The summed E-state index contributed by atoms with van der Waals surface area (Å²) < 4.78 is 45.0. The summed E-state index contributed by atoms with van der Waals surface area (Å²) >= 11 is 5.14. The zero-order valence-electron chi connectivity index (χ0n) is 13.6. The van der Waals surface area contributed by atoms with Crippen LogP contribution >= 0.6 is 12.2 Å². The van der Waals surface area contributed by atoms with E-state index in [9.17, 15) is 18.0 Å². The van der Waals surface area contributed by atoms with Crippen molar-refractivity contribution in [3.63, 3.8) is 0 Å². The van der Waals surface area contributed by atoms with E-state index in [-0.39, 0.29) is 10.9 Å². The van der Waals surface area contributed by atoms with Crippen LogP contribution in [0.4, 0.5) is 24.5 Å². The quantitative estimate of drug-likeness (QED) is 0.582. The topological polar surface area (TPSA) is 59.6 Å². The molecule has 0 radical (unpaired) electrons. The van der Waals surface area contributed by atoms with E-state index in [1.54, 1.807) is 31.2 Å². The normalized spacial score (nSPS) is 10.8. The fourth-order valence-corrected chi connectivity index (χ4v) is 2.17. The summed E-state index contributed by atoms with van der Waals surface area (Å²) in [4.78, 5) is 11.6. The molecule has 138 valence electrons. The van der Waals surface area contributed by atoms with Gasteiger partial charge in [-0.05, 0) is 67.7 Å². The number of thiocarbonyl (C=S) groups is 1. The molecule has 2 N–H and O–H groups in total. The first-order chi connectivity index (χ1) is 12.3. The maximum atomic E-state index is 12.1. The Bertz CT molecular complexity index is 762. The largest absolute Gasteiger partial charge is 0.573 e. The van der Waals surface area contributed by atoms with Gasteiger partial charge in [-0.3, -0.25) is 0 Å². The van der Waals surface area contributed by atoms with Gasteiger partial charge in [-0.1, -0.05) is 0 Å². The molecule has 0 aromatic heterocycles. The highest BCUT2D eigenvalue weighted by Gasteiger charge is 2.30. The fraction of sp³-hybridized carbons (Fsp3) is 0.176. The molecule has 0 amide bonds. The third-order valence-corrected chi connectivity index (χ3v) is 3.20. The van der Waals surface area contributed by atoms with E-state index in [4.69, 9.17) is 17.0 Å². The van der Waals surface area contributed by atoms with Crippen LogP contribution in [0.25, 0.3) is 0 Å². The van der Waals surface area contributed by atoms with Crippen LogP contribution in [-0.2, 0) is 4.74 Å². The number of esters is 1. The van der Waals surface area contributed by atoms with E-state index in [0.29, 0.717) is 23.5 Å². The van der Waals surface area contributed by atoms with Crippen LogP contribution in [0.15, 0.2) is 48.5 Å². The van der Waals surface area contributed by atoms with Crippen LogP contribution in [0.1, 0.15) is 17.3 Å². The summed E-state index contributed by atoms with van der Waals surface area (Å²) in [5, 5.41) is 5.96. The number of carbonyl (C=O) groups is 1. The van der Waals surface area contributed by atoms with Gasteiger partial charge in [-0.2, -0.15) is 0 Å². The first-order valence-corrected chi connectivity index (χ1v) is 7.88. The average Bonchev–Trinajstić information content (AvgIpc) is 2.56. The number of carbonyl (C=O) groups excluding carboxylic acids is 1. The minimum atomic E-state index is -4.73.